The molecular weight excluding hydrogens is 258 g/mol. The van der Waals surface area contributed by atoms with E-state index in [4.69, 9.17) is 17.3 Å². The van der Waals surface area contributed by atoms with Crippen LogP contribution in [0.15, 0.2) is 30.5 Å². The van der Waals surface area contributed by atoms with Crippen LogP contribution < -0.4 is 5.73 Å². The minimum absolute atomic E-state index is 0.107. The molecule has 1 aromatic carbocycles. The summed E-state index contributed by atoms with van der Waals surface area (Å²) in [4.78, 5) is 0. The fourth-order valence-corrected chi connectivity index (χ4v) is 2.55. The van der Waals surface area contributed by atoms with Crippen LogP contribution in [0.25, 0.3) is 5.69 Å². The Morgan fingerprint density at radius 2 is 2.21 bits per heavy atom. The van der Waals surface area contributed by atoms with Crippen LogP contribution in [0, 0.1) is 0 Å². The smallest absolute Gasteiger partial charge is 0.0679 e. The number of nitrogens with two attached hydrogens (primary N) is 1. The molecule has 0 amide bonds. The highest BCUT2D eigenvalue weighted by Gasteiger charge is 2.26. The molecule has 1 fully saturated rings. The molecule has 0 radical (unpaired) electrons. The zero-order valence-electron chi connectivity index (χ0n) is 11.0. The summed E-state index contributed by atoms with van der Waals surface area (Å²) in [5.74, 6) is 0.672. The summed E-state index contributed by atoms with van der Waals surface area (Å²) in [6, 6.07) is 8.13. The molecule has 0 aliphatic heterocycles. The van der Waals surface area contributed by atoms with Crippen molar-refractivity contribution in [2.45, 2.75) is 38.1 Å². The van der Waals surface area contributed by atoms with Gasteiger partial charge in [-0.15, -0.1) is 0 Å². The summed E-state index contributed by atoms with van der Waals surface area (Å²) in [7, 11) is 0. The molecule has 1 saturated carbocycles. The third-order valence-electron chi connectivity index (χ3n) is 3.44. The van der Waals surface area contributed by atoms with Crippen LogP contribution in [0.4, 0.5) is 0 Å². The molecule has 100 valence electrons. The van der Waals surface area contributed by atoms with Crippen molar-refractivity contribution in [1.82, 2.24) is 9.78 Å². The van der Waals surface area contributed by atoms with Crippen LogP contribution in [0.3, 0.4) is 0 Å². The Kier molecular flexibility index (Phi) is 3.33. The van der Waals surface area contributed by atoms with Crippen molar-refractivity contribution in [2.75, 3.05) is 0 Å². The minimum Gasteiger partial charge on any atom is -0.328 e. The lowest BCUT2D eigenvalue weighted by Crippen LogP contribution is -2.19. The predicted octanol–water partition coefficient (Wildman–Crippen LogP) is 3.29. The summed E-state index contributed by atoms with van der Waals surface area (Å²) < 4.78 is 1.95. The van der Waals surface area contributed by atoms with Gasteiger partial charge in [0.1, 0.15) is 0 Å². The highest BCUT2D eigenvalue weighted by molar-refractivity contribution is 6.30. The van der Waals surface area contributed by atoms with E-state index >= 15 is 0 Å². The van der Waals surface area contributed by atoms with E-state index in [1.807, 2.05) is 36.0 Å². The summed E-state index contributed by atoms with van der Waals surface area (Å²) >= 11 is 6.08. The first-order valence-electron chi connectivity index (χ1n) is 6.73. The SMILES string of the molecule is CC(N)Cc1cc(Cl)ccc1-n1ccc(C2CC2)n1. The van der Waals surface area contributed by atoms with Gasteiger partial charge in [-0.1, -0.05) is 11.6 Å². The van der Waals surface area contributed by atoms with Gasteiger partial charge in [-0.05, 0) is 56.0 Å². The van der Waals surface area contributed by atoms with E-state index < -0.39 is 0 Å². The van der Waals surface area contributed by atoms with Crippen LogP contribution in [-0.4, -0.2) is 15.8 Å². The van der Waals surface area contributed by atoms with Crippen molar-refractivity contribution in [3.63, 3.8) is 0 Å². The predicted molar refractivity (Wildman–Crippen MR) is 77.9 cm³/mol. The fraction of sp³-hybridized carbons (Fsp3) is 0.400. The topological polar surface area (TPSA) is 43.8 Å². The molecule has 0 spiro atoms. The highest BCUT2D eigenvalue weighted by Crippen LogP contribution is 2.39. The van der Waals surface area contributed by atoms with Crippen LogP contribution in [0.5, 0.6) is 0 Å². The lowest BCUT2D eigenvalue weighted by Gasteiger charge is -2.12. The number of benzene rings is 1. The summed E-state index contributed by atoms with van der Waals surface area (Å²) in [6.45, 7) is 2.00. The molecule has 3 nitrogen and oxygen atoms in total. The van der Waals surface area contributed by atoms with Crippen molar-refractivity contribution in [1.29, 1.82) is 0 Å². The Morgan fingerprint density at radius 1 is 1.42 bits per heavy atom. The van der Waals surface area contributed by atoms with E-state index in [2.05, 4.69) is 11.2 Å². The Hall–Kier alpha value is -1.32. The van der Waals surface area contributed by atoms with Gasteiger partial charge in [-0.25, -0.2) is 4.68 Å². The molecule has 0 saturated heterocycles. The summed E-state index contributed by atoms with van der Waals surface area (Å²) in [5.41, 5.74) is 9.33. The zero-order valence-corrected chi connectivity index (χ0v) is 11.8. The second-order valence-electron chi connectivity index (χ2n) is 5.41. The lowest BCUT2D eigenvalue weighted by atomic mass is 10.1. The monoisotopic (exact) mass is 275 g/mol. The Bertz CT molecular complexity index is 585. The maximum atomic E-state index is 6.08. The molecule has 2 aromatic rings. The average molecular weight is 276 g/mol. The van der Waals surface area contributed by atoms with Crippen molar-refractivity contribution in [3.05, 3.63) is 46.7 Å². The van der Waals surface area contributed by atoms with Gasteiger partial charge in [0, 0.05) is 23.2 Å². The first-order valence-corrected chi connectivity index (χ1v) is 7.11. The van der Waals surface area contributed by atoms with Gasteiger partial charge in [0.15, 0.2) is 0 Å². The third-order valence-corrected chi connectivity index (χ3v) is 3.67. The second-order valence-corrected chi connectivity index (χ2v) is 5.85. The minimum atomic E-state index is 0.107. The maximum absolute atomic E-state index is 6.08. The first kappa shape index (κ1) is 12.7. The molecule has 1 atom stereocenters. The Balaban J connectivity index is 1.97. The van der Waals surface area contributed by atoms with Gasteiger partial charge in [-0.3, -0.25) is 0 Å². The van der Waals surface area contributed by atoms with E-state index in [-0.39, 0.29) is 6.04 Å². The van der Waals surface area contributed by atoms with Gasteiger partial charge in [0.05, 0.1) is 11.4 Å². The normalized spacial score (nSPS) is 16.6. The number of hydrogen-bond donors (Lipinski definition) is 1. The van der Waals surface area contributed by atoms with Gasteiger partial charge < -0.3 is 5.73 Å². The Labute approximate surface area is 118 Å². The van der Waals surface area contributed by atoms with Crippen molar-refractivity contribution in [2.24, 2.45) is 5.73 Å². The van der Waals surface area contributed by atoms with E-state index in [1.54, 1.807) is 0 Å². The standard InChI is InChI=1S/C15H18ClN3/c1-10(17)8-12-9-13(16)4-5-15(12)19-7-6-14(18-19)11-2-3-11/h4-7,9-11H,2-3,8,17H2,1H3. The molecule has 3 rings (SSSR count). The lowest BCUT2D eigenvalue weighted by molar-refractivity contribution is 0.725. The first-order chi connectivity index (χ1) is 9.13. The second kappa shape index (κ2) is 4.99. The molecule has 2 N–H and O–H groups in total. The van der Waals surface area contributed by atoms with Gasteiger partial charge in [0.2, 0.25) is 0 Å². The van der Waals surface area contributed by atoms with E-state index in [9.17, 15) is 0 Å². The molecule has 1 unspecified atom stereocenters. The number of halogens is 1. The molecule has 1 heterocycles. The van der Waals surface area contributed by atoms with Crippen molar-refractivity contribution in [3.8, 4) is 5.69 Å². The molecule has 0 bridgehead atoms. The van der Waals surface area contributed by atoms with Gasteiger partial charge in [-0.2, -0.15) is 5.10 Å². The molecule has 1 aliphatic carbocycles. The van der Waals surface area contributed by atoms with E-state index in [1.165, 1.54) is 18.5 Å². The summed E-state index contributed by atoms with van der Waals surface area (Å²) in [6.07, 6.45) is 5.37. The Morgan fingerprint density at radius 3 is 2.89 bits per heavy atom. The van der Waals surface area contributed by atoms with Gasteiger partial charge in [0.25, 0.3) is 0 Å². The van der Waals surface area contributed by atoms with Crippen molar-refractivity contribution >= 4 is 11.6 Å². The number of hydrogen-bond acceptors (Lipinski definition) is 2. The number of nitrogens with zero attached hydrogens (tertiary/aromatic N) is 2. The molecule has 1 aromatic heterocycles. The average Bonchev–Trinajstić information content (AvgIpc) is 3.08. The van der Waals surface area contributed by atoms with Crippen LogP contribution >= 0.6 is 11.6 Å². The molecule has 4 heteroatoms. The van der Waals surface area contributed by atoms with Crippen LogP contribution in [0.2, 0.25) is 5.02 Å². The van der Waals surface area contributed by atoms with E-state index in [0.29, 0.717) is 5.92 Å². The van der Waals surface area contributed by atoms with Crippen LogP contribution in [-0.2, 0) is 6.42 Å². The third kappa shape index (κ3) is 2.82. The largest absolute Gasteiger partial charge is 0.328 e. The van der Waals surface area contributed by atoms with Gasteiger partial charge >= 0.3 is 0 Å². The zero-order chi connectivity index (χ0) is 13.4. The van der Waals surface area contributed by atoms with E-state index in [0.717, 1.165) is 22.7 Å². The van der Waals surface area contributed by atoms with Crippen molar-refractivity contribution < 1.29 is 0 Å². The molecule has 1 aliphatic rings. The van der Waals surface area contributed by atoms with Crippen LogP contribution in [0.1, 0.15) is 36.9 Å². The number of aromatic nitrogens is 2. The quantitative estimate of drug-likeness (QED) is 0.930. The molecule has 19 heavy (non-hydrogen) atoms. The fourth-order valence-electron chi connectivity index (χ4n) is 2.36. The highest BCUT2D eigenvalue weighted by atomic mass is 35.5. The molecular formula is C15H18ClN3. The maximum Gasteiger partial charge on any atom is 0.0679 e. The number of rotatable bonds is 4. The summed E-state index contributed by atoms with van der Waals surface area (Å²) in [5, 5.41) is 5.42.